The number of hydrogen-bond donors (Lipinski definition) is 0. The van der Waals surface area contributed by atoms with Crippen molar-refractivity contribution < 1.29 is 0 Å². The van der Waals surface area contributed by atoms with Crippen LogP contribution in [-0.2, 0) is 0 Å². The van der Waals surface area contributed by atoms with E-state index >= 15 is 0 Å². The molecule has 0 aliphatic rings. The normalized spacial score (nSPS) is 11.9. The lowest BCUT2D eigenvalue weighted by Gasteiger charge is -2.26. The Balaban J connectivity index is 2.07. The highest BCUT2D eigenvalue weighted by molar-refractivity contribution is 5.56. The maximum absolute atomic E-state index is 2.41. The van der Waals surface area contributed by atoms with E-state index in [2.05, 4.69) is 118 Å². The van der Waals surface area contributed by atoms with Crippen LogP contribution in [0.5, 0.6) is 0 Å². The molecule has 3 aromatic rings. The van der Waals surface area contributed by atoms with Gasteiger partial charge in [-0.15, -0.1) is 0 Å². The van der Waals surface area contributed by atoms with Crippen LogP contribution in [-0.4, -0.2) is 26.2 Å². The zero-order valence-electron chi connectivity index (χ0n) is 20.2. The molecule has 1 unspecified atom stereocenters. The lowest BCUT2D eigenvalue weighted by molar-refractivity contribution is 0.861. The fraction of sp³-hybridized carbons (Fsp3) is 0.379. The Bertz CT molecular complexity index is 949. The van der Waals surface area contributed by atoms with Gasteiger partial charge in [-0.3, -0.25) is 0 Å². The lowest BCUT2D eigenvalue weighted by atomic mass is 9.82. The van der Waals surface area contributed by atoms with Crippen LogP contribution in [0.3, 0.4) is 0 Å². The number of hydrogen-bond acceptors (Lipinski definition) is 2. The summed E-state index contributed by atoms with van der Waals surface area (Å²) in [5.41, 5.74) is 9.33. The third-order valence-corrected chi connectivity index (χ3v) is 6.46. The number of benzene rings is 3. The molecule has 2 heteroatoms. The molecule has 3 aromatic carbocycles. The van der Waals surface area contributed by atoms with E-state index in [0.717, 1.165) is 26.2 Å². The van der Waals surface area contributed by atoms with Gasteiger partial charge in [-0.1, -0.05) is 48.0 Å². The topological polar surface area (TPSA) is 6.48 Å². The maximum Gasteiger partial charge on any atom is 0.0368 e. The average Bonchev–Trinajstić information content (AvgIpc) is 2.79. The summed E-state index contributed by atoms with van der Waals surface area (Å²) in [5, 5.41) is 0. The Morgan fingerprint density at radius 1 is 0.581 bits per heavy atom. The Morgan fingerprint density at radius 2 is 1.03 bits per heavy atom. The number of aryl methyl sites for hydroxylation is 2. The van der Waals surface area contributed by atoms with E-state index in [1.165, 1.54) is 39.2 Å². The molecule has 0 saturated heterocycles. The minimum absolute atomic E-state index is 0.233. The van der Waals surface area contributed by atoms with Gasteiger partial charge in [-0.05, 0) is 88.1 Å². The Morgan fingerprint density at radius 3 is 1.52 bits per heavy atom. The minimum Gasteiger partial charge on any atom is -0.372 e. The van der Waals surface area contributed by atoms with Gasteiger partial charge in [0.25, 0.3) is 0 Å². The van der Waals surface area contributed by atoms with E-state index in [1.807, 2.05) is 0 Å². The first-order chi connectivity index (χ1) is 15.0. The van der Waals surface area contributed by atoms with E-state index in [0.29, 0.717) is 0 Å². The van der Waals surface area contributed by atoms with Crippen LogP contribution < -0.4 is 9.80 Å². The zero-order chi connectivity index (χ0) is 22.4. The van der Waals surface area contributed by atoms with Gasteiger partial charge in [0, 0.05) is 43.5 Å². The molecule has 2 nitrogen and oxygen atoms in total. The molecule has 0 aromatic heterocycles. The van der Waals surface area contributed by atoms with Crippen LogP contribution in [0.15, 0.2) is 66.7 Å². The molecule has 0 radical (unpaired) electrons. The third-order valence-electron chi connectivity index (χ3n) is 6.46. The molecule has 0 saturated carbocycles. The highest BCUT2D eigenvalue weighted by atomic mass is 15.1. The predicted molar refractivity (Wildman–Crippen MR) is 137 cm³/mol. The Labute approximate surface area is 189 Å². The smallest absolute Gasteiger partial charge is 0.0368 e. The third kappa shape index (κ3) is 5.12. The van der Waals surface area contributed by atoms with Crippen LogP contribution in [0.4, 0.5) is 11.4 Å². The summed E-state index contributed by atoms with van der Waals surface area (Å²) in [6.07, 6.45) is 0. The summed E-state index contributed by atoms with van der Waals surface area (Å²) in [4.78, 5) is 4.81. The maximum atomic E-state index is 2.41. The van der Waals surface area contributed by atoms with E-state index in [9.17, 15) is 0 Å². The molecule has 164 valence electrons. The van der Waals surface area contributed by atoms with Crippen molar-refractivity contribution in [3.05, 3.63) is 94.5 Å². The van der Waals surface area contributed by atoms with Crippen molar-refractivity contribution in [1.29, 1.82) is 0 Å². The predicted octanol–water partition coefficient (Wildman–Crippen LogP) is 7.18. The highest BCUT2D eigenvalue weighted by Crippen LogP contribution is 2.36. The molecular weight excluding hydrogens is 376 g/mol. The minimum atomic E-state index is 0.233. The first-order valence-electron chi connectivity index (χ1n) is 11.8. The second kappa shape index (κ2) is 10.5. The van der Waals surface area contributed by atoms with Gasteiger partial charge in [0.15, 0.2) is 0 Å². The molecule has 0 bridgehead atoms. The first-order valence-corrected chi connectivity index (χ1v) is 11.8. The largest absolute Gasteiger partial charge is 0.372 e. The summed E-state index contributed by atoms with van der Waals surface area (Å²) in [6.45, 7) is 17.4. The molecule has 0 aliphatic carbocycles. The van der Waals surface area contributed by atoms with Crippen molar-refractivity contribution in [2.24, 2.45) is 0 Å². The van der Waals surface area contributed by atoms with Crippen molar-refractivity contribution in [2.45, 2.75) is 47.5 Å². The van der Waals surface area contributed by atoms with E-state index in [1.54, 1.807) is 0 Å². The molecule has 0 aliphatic heterocycles. The fourth-order valence-corrected chi connectivity index (χ4v) is 4.55. The monoisotopic (exact) mass is 414 g/mol. The van der Waals surface area contributed by atoms with E-state index in [4.69, 9.17) is 0 Å². The molecule has 0 spiro atoms. The second-order valence-electron chi connectivity index (χ2n) is 8.32. The molecular formula is C29H38N2. The van der Waals surface area contributed by atoms with Gasteiger partial charge in [0.2, 0.25) is 0 Å². The van der Waals surface area contributed by atoms with Crippen LogP contribution in [0.2, 0.25) is 0 Å². The molecule has 1 atom stereocenters. The van der Waals surface area contributed by atoms with Crippen molar-refractivity contribution in [3.63, 3.8) is 0 Å². The molecule has 0 fully saturated rings. The molecule has 31 heavy (non-hydrogen) atoms. The SMILES string of the molecule is CCN(CC)c1ccc(C(c2ccc(C)cc2)c2ccc(N(CC)CC)cc2C)cc1. The highest BCUT2D eigenvalue weighted by Gasteiger charge is 2.20. The van der Waals surface area contributed by atoms with Crippen LogP contribution in [0.25, 0.3) is 0 Å². The van der Waals surface area contributed by atoms with Crippen LogP contribution >= 0.6 is 0 Å². The zero-order valence-corrected chi connectivity index (χ0v) is 20.2. The standard InChI is InChI=1S/C29H38N2/c1-7-30(8-2)26-17-15-25(16-18-26)29(24-13-11-22(5)12-14-24)28-20-19-27(21-23(28)6)31(9-3)10-4/h11-21,29H,7-10H2,1-6H3. The summed E-state index contributed by atoms with van der Waals surface area (Å²) in [6, 6.07) is 25.2. The van der Waals surface area contributed by atoms with E-state index in [-0.39, 0.29) is 5.92 Å². The van der Waals surface area contributed by atoms with Gasteiger partial charge in [0.1, 0.15) is 0 Å². The first kappa shape index (κ1) is 22.9. The van der Waals surface area contributed by atoms with Crippen LogP contribution in [0.1, 0.15) is 61.4 Å². The van der Waals surface area contributed by atoms with Crippen molar-refractivity contribution in [2.75, 3.05) is 36.0 Å². The summed E-state index contributed by atoms with van der Waals surface area (Å²) < 4.78 is 0. The fourth-order valence-electron chi connectivity index (χ4n) is 4.55. The van der Waals surface area contributed by atoms with Crippen molar-refractivity contribution >= 4 is 11.4 Å². The molecule has 0 N–H and O–H groups in total. The summed E-state index contributed by atoms with van der Waals surface area (Å²) in [5.74, 6) is 0.233. The van der Waals surface area contributed by atoms with Gasteiger partial charge in [-0.2, -0.15) is 0 Å². The number of nitrogens with zero attached hydrogens (tertiary/aromatic N) is 2. The Hall–Kier alpha value is -2.74. The summed E-state index contributed by atoms with van der Waals surface area (Å²) >= 11 is 0. The van der Waals surface area contributed by atoms with Gasteiger partial charge >= 0.3 is 0 Å². The quantitative estimate of drug-likeness (QED) is 0.342. The second-order valence-corrected chi connectivity index (χ2v) is 8.32. The molecule has 3 rings (SSSR count). The van der Waals surface area contributed by atoms with E-state index < -0.39 is 0 Å². The van der Waals surface area contributed by atoms with Crippen molar-refractivity contribution in [3.8, 4) is 0 Å². The molecule has 0 amide bonds. The van der Waals surface area contributed by atoms with Gasteiger partial charge in [-0.25, -0.2) is 0 Å². The van der Waals surface area contributed by atoms with Gasteiger partial charge in [0.05, 0.1) is 0 Å². The van der Waals surface area contributed by atoms with Crippen molar-refractivity contribution in [1.82, 2.24) is 0 Å². The Kier molecular flexibility index (Phi) is 7.79. The summed E-state index contributed by atoms with van der Waals surface area (Å²) in [7, 11) is 0. The van der Waals surface area contributed by atoms with Gasteiger partial charge < -0.3 is 9.80 Å². The lowest BCUT2D eigenvalue weighted by Crippen LogP contribution is -2.22. The molecule has 0 heterocycles. The van der Waals surface area contributed by atoms with Crippen LogP contribution in [0, 0.1) is 13.8 Å². The number of anilines is 2. The number of rotatable bonds is 9. The average molecular weight is 415 g/mol.